The number of piperazine rings is 1. The van der Waals surface area contributed by atoms with Gasteiger partial charge in [-0.15, -0.1) is 0 Å². The van der Waals surface area contributed by atoms with Crippen molar-refractivity contribution in [1.82, 2.24) is 24.7 Å². The number of para-hydroxylation sites is 1. The van der Waals surface area contributed by atoms with E-state index in [9.17, 15) is 19.5 Å². The van der Waals surface area contributed by atoms with Crippen molar-refractivity contribution in [3.05, 3.63) is 95.6 Å². The molecular weight excluding hydrogens is 556 g/mol. The normalized spacial score (nSPS) is 18.4. The van der Waals surface area contributed by atoms with Crippen LogP contribution in [0.3, 0.4) is 0 Å². The SMILES string of the molecule is CCCN(C(=O)N(C)Cc1ccccc1)N1CC(=O)N2[C@@H](Cc3ccc(O)cc3)C(=O)N(Cc3ccccc3N(C)C)C[C@@H]21. The lowest BCUT2D eigenvalue weighted by Crippen LogP contribution is -2.66. The van der Waals surface area contributed by atoms with Gasteiger partial charge in [0.25, 0.3) is 0 Å². The molecule has 10 nitrogen and oxygen atoms in total. The number of urea groups is 1. The fourth-order valence-electron chi connectivity index (χ4n) is 6.20. The van der Waals surface area contributed by atoms with Gasteiger partial charge in [0.15, 0.2) is 0 Å². The van der Waals surface area contributed by atoms with Crippen LogP contribution in [0.1, 0.15) is 30.0 Å². The molecule has 232 valence electrons. The van der Waals surface area contributed by atoms with Crippen LogP contribution < -0.4 is 4.90 Å². The Morgan fingerprint density at radius 1 is 0.909 bits per heavy atom. The molecule has 2 aliphatic rings. The molecule has 0 aliphatic carbocycles. The second kappa shape index (κ2) is 13.4. The fourth-order valence-corrected chi connectivity index (χ4v) is 6.20. The molecule has 2 saturated heterocycles. The van der Waals surface area contributed by atoms with Crippen LogP contribution in [-0.2, 0) is 29.1 Å². The second-order valence-corrected chi connectivity index (χ2v) is 11.8. The van der Waals surface area contributed by atoms with Gasteiger partial charge in [-0.3, -0.25) is 14.6 Å². The molecule has 2 heterocycles. The lowest BCUT2D eigenvalue weighted by molar-refractivity contribution is -0.157. The molecule has 2 atom stereocenters. The Labute approximate surface area is 259 Å². The highest BCUT2D eigenvalue weighted by Crippen LogP contribution is 2.32. The molecule has 0 saturated carbocycles. The lowest BCUT2D eigenvalue weighted by atomic mass is 9.99. The van der Waals surface area contributed by atoms with Gasteiger partial charge in [0, 0.05) is 52.9 Å². The number of aromatic hydroxyl groups is 1. The van der Waals surface area contributed by atoms with Gasteiger partial charge in [-0.25, -0.2) is 4.79 Å². The number of phenolic OH excluding ortho intramolecular Hbond substituents is 1. The number of fused-ring (bicyclic) bond motifs is 1. The van der Waals surface area contributed by atoms with Crippen molar-refractivity contribution in [1.29, 1.82) is 0 Å². The third-order valence-corrected chi connectivity index (χ3v) is 8.32. The van der Waals surface area contributed by atoms with Gasteiger partial charge in [-0.2, -0.15) is 5.01 Å². The van der Waals surface area contributed by atoms with E-state index in [4.69, 9.17) is 0 Å². The van der Waals surface area contributed by atoms with E-state index < -0.39 is 12.2 Å². The smallest absolute Gasteiger partial charge is 0.334 e. The maximum Gasteiger partial charge on any atom is 0.334 e. The minimum absolute atomic E-state index is 0.0110. The molecule has 4 amide bonds. The van der Waals surface area contributed by atoms with E-state index in [1.807, 2.05) is 90.4 Å². The summed E-state index contributed by atoms with van der Waals surface area (Å²) >= 11 is 0. The highest BCUT2D eigenvalue weighted by Gasteiger charge is 2.52. The van der Waals surface area contributed by atoms with E-state index in [2.05, 4.69) is 0 Å². The van der Waals surface area contributed by atoms with Gasteiger partial charge in [-0.1, -0.05) is 67.6 Å². The zero-order valence-corrected chi connectivity index (χ0v) is 26.0. The van der Waals surface area contributed by atoms with Crippen LogP contribution in [0.4, 0.5) is 10.5 Å². The number of phenols is 1. The summed E-state index contributed by atoms with van der Waals surface area (Å²) in [5, 5.41) is 13.4. The topological polar surface area (TPSA) is 90.9 Å². The molecule has 44 heavy (non-hydrogen) atoms. The fraction of sp³-hybridized carbons (Fsp3) is 0.382. The van der Waals surface area contributed by atoms with Crippen LogP contribution in [0.2, 0.25) is 0 Å². The number of anilines is 1. The quantitative estimate of drug-likeness (QED) is 0.382. The predicted octanol–water partition coefficient (Wildman–Crippen LogP) is 3.76. The van der Waals surface area contributed by atoms with Crippen LogP contribution in [0.15, 0.2) is 78.9 Å². The summed E-state index contributed by atoms with van der Waals surface area (Å²) in [5.41, 5.74) is 3.87. The van der Waals surface area contributed by atoms with Crippen molar-refractivity contribution >= 4 is 23.5 Å². The molecule has 1 N–H and O–H groups in total. The van der Waals surface area contributed by atoms with Crippen molar-refractivity contribution in [3.8, 4) is 5.75 Å². The molecule has 2 fully saturated rings. The van der Waals surface area contributed by atoms with Gasteiger partial charge >= 0.3 is 6.03 Å². The highest BCUT2D eigenvalue weighted by atomic mass is 16.3. The van der Waals surface area contributed by atoms with E-state index in [0.717, 1.165) is 22.4 Å². The number of hydrazine groups is 1. The van der Waals surface area contributed by atoms with Crippen LogP contribution in [0.5, 0.6) is 5.75 Å². The van der Waals surface area contributed by atoms with E-state index >= 15 is 0 Å². The lowest BCUT2D eigenvalue weighted by Gasteiger charge is -2.47. The molecule has 3 aromatic carbocycles. The molecule has 0 radical (unpaired) electrons. The van der Waals surface area contributed by atoms with Gasteiger partial charge in [-0.05, 0) is 41.3 Å². The number of hydrogen-bond donors (Lipinski definition) is 1. The molecule has 5 rings (SSSR count). The number of nitrogens with zero attached hydrogens (tertiary/aromatic N) is 6. The van der Waals surface area contributed by atoms with E-state index in [-0.39, 0.29) is 36.7 Å². The van der Waals surface area contributed by atoms with E-state index in [0.29, 0.717) is 32.5 Å². The average Bonchev–Trinajstić information content (AvgIpc) is 3.34. The third kappa shape index (κ3) is 6.50. The number of rotatable bonds is 10. The summed E-state index contributed by atoms with van der Waals surface area (Å²) in [6.07, 6.45) is 0.504. The summed E-state index contributed by atoms with van der Waals surface area (Å²) in [5.74, 6) is -0.173. The second-order valence-electron chi connectivity index (χ2n) is 11.8. The Bertz CT molecular complexity index is 1460. The Morgan fingerprint density at radius 3 is 2.27 bits per heavy atom. The standard InChI is InChI=1S/C34H42N6O4/c1-5-19-38(34(44)36(4)21-26-11-7-6-8-12-26)39-24-32(42)40-30(20-25-15-17-28(41)18-16-25)33(43)37(23-31(39)40)22-27-13-9-10-14-29(27)35(2)3/h6-18,30-31,41H,5,19-24H2,1-4H3/t30-,31+/m0/s1. The minimum atomic E-state index is -0.747. The maximum atomic E-state index is 14.2. The van der Waals surface area contributed by atoms with Gasteiger partial charge in [0.2, 0.25) is 11.8 Å². The number of benzene rings is 3. The molecule has 0 aromatic heterocycles. The Kier molecular flexibility index (Phi) is 9.39. The van der Waals surface area contributed by atoms with Gasteiger partial charge < -0.3 is 24.7 Å². The summed E-state index contributed by atoms with van der Waals surface area (Å²) < 4.78 is 0. The molecule has 10 heteroatoms. The molecular formula is C34H42N6O4. The number of amides is 4. The molecule has 2 aliphatic heterocycles. The Balaban J connectivity index is 1.47. The zero-order chi connectivity index (χ0) is 31.4. The van der Waals surface area contributed by atoms with Crippen molar-refractivity contribution in [2.75, 3.05) is 45.7 Å². The third-order valence-electron chi connectivity index (χ3n) is 8.32. The van der Waals surface area contributed by atoms with Crippen molar-refractivity contribution in [2.45, 2.75) is 45.1 Å². The number of carbonyl (C=O) groups excluding carboxylic acids is 3. The first-order valence-corrected chi connectivity index (χ1v) is 15.1. The molecule has 0 unspecified atom stereocenters. The first-order chi connectivity index (χ1) is 21.2. The van der Waals surface area contributed by atoms with Crippen molar-refractivity contribution in [3.63, 3.8) is 0 Å². The number of hydrogen-bond acceptors (Lipinski definition) is 6. The summed E-state index contributed by atoms with van der Waals surface area (Å²) in [6, 6.07) is 23.6. The minimum Gasteiger partial charge on any atom is -0.508 e. The van der Waals surface area contributed by atoms with E-state index in [1.54, 1.807) is 46.1 Å². The summed E-state index contributed by atoms with van der Waals surface area (Å²) in [4.78, 5) is 49.1. The largest absolute Gasteiger partial charge is 0.508 e. The maximum absolute atomic E-state index is 14.2. The first-order valence-electron chi connectivity index (χ1n) is 15.1. The van der Waals surface area contributed by atoms with Crippen LogP contribution >= 0.6 is 0 Å². The van der Waals surface area contributed by atoms with E-state index in [1.165, 1.54) is 0 Å². The van der Waals surface area contributed by atoms with Crippen molar-refractivity contribution in [2.24, 2.45) is 0 Å². The first kappa shape index (κ1) is 30.9. The van der Waals surface area contributed by atoms with Crippen molar-refractivity contribution < 1.29 is 19.5 Å². The highest BCUT2D eigenvalue weighted by molar-refractivity contribution is 5.92. The summed E-state index contributed by atoms with van der Waals surface area (Å²) in [6.45, 7) is 3.55. The monoisotopic (exact) mass is 598 g/mol. The van der Waals surface area contributed by atoms with Gasteiger partial charge in [0.1, 0.15) is 18.0 Å². The average molecular weight is 599 g/mol. The summed E-state index contributed by atoms with van der Waals surface area (Å²) in [7, 11) is 5.73. The van der Waals surface area contributed by atoms with Crippen LogP contribution in [-0.4, -0.2) is 101 Å². The van der Waals surface area contributed by atoms with Crippen LogP contribution in [0.25, 0.3) is 0 Å². The Morgan fingerprint density at radius 2 is 1.59 bits per heavy atom. The Hall–Kier alpha value is -4.57. The molecule has 0 spiro atoms. The molecule has 0 bridgehead atoms. The molecule has 3 aromatic rings. The number of carbonyl (C=O) groups is 3. The predicted molar refractivity (Wildman–Crippen MR) is 169 cm³/mol. The van der Waals surface area contributed by atoms with Gasteiger partial charge in [0.05, 0.1) is 13.1 Å². The zero-order valence-electron chi connectivity index (χ0n) is 26.0. The van der Waals surface area contributed by atoms with Crippen LogP contribution in [0, 0.1) is 0 Å².